The zero-order chi connectivity index (χ0) is 11.3. The molecule has 0 spiro atoms. The van der Waals surface area contributed by atoms with Crippen LogP contribution in [-0.4, -0.2) is 43.7 Å². The van der Waals surface area contributed by atoms with Gasteiger partial charge < -0.3 is 10.4 Å². The molecular formula is C7H11N5O3. The van der Waals surface area contributed by atoms with Crippen molar-refractivity contribution < 1.29 is 14.7 Å². The molecule has 1 aromatic rings. The summed E-state index contributed by atoms with van der Waals surface area (Å²) in [5.74, 6) is -1.08. The first-order valence-corrected chi connectivity index (χ1v) is 4.37. The van der Waals surface area contributed by atoms with Crippen molar-refractivity contribution in [2.24, 2.45) is 0 Å². The first-order valence-electron chi connectivity index (χ1n) is 4.37. The normalized spacial score (nSPS) is 9.93. The number of aromatic nitrogens is 4. The number of nitrogens with one attached hydrogen (secondary N) is 1. The molecule has 0 aliphatic heterocycles. The van der Waals surface area contributed by atoms with Crippen LogP contribution < -0.4 is 5.32 Å². The van der Waals surface area contributed by atoms with Crippen molar-refractivity contribution >= 4 is 11.9 Å². The van der Waals surface area contributed by atoms with Crippen molar-refractivity contribution in [2.45, 2.75) is 19.9 Å². The maximum Gasteiger partial charge on any atom is 0.322 e. The Balaban J connectivity index is 2.47. The number of tetrazole rings is 1. The fraction of sp³-hybridized carbons (Fsp3) is 0.571. The summed E-state index contributed by atoms with van der Waals surface area (Å²) in [5.41, 5.74) is 0. The van der Waals surface area contributed by atoms with E-state index >= 15 is 0 Å². The predicted octanol–water partition coefficient (Wildman–Crippen LogP) is -1.56. The zero-order valence-corrected chi connectivity index (χ0v) is 8.17. The van der Waals surface area contributed by atoms with Gasteiger partial charge in [0.25, 0.3) is 0 Å². The van der Waals surface area contributed by atoms with E-state index in [4.69, 9.17) is 5.11 Å². The Kier molecular flexibility index (Phi) is 3.72. The molecule has 15 heavy (non-hydrogen) atoms. The van der Waals surface area contributed by atoms with Crippen molar-refractivity contribution in [3.05, 3.63) is 5.82 Å². The van der Waals surface area contributed by atoms with E-state index in [-0.39, 0.29) is 6.42 Å². The Labute approximate surface area is 85.3 Å². The Morgan fingerprint density at radius 3 is 2.87 bits per heavy atom. The lowest BCUT2D eigenvalue weighted by Crippen LogP contribution is -2.31. The minimum atomic E-state index is -1.08. The molecule has 1 amide bonds. The standard InChI is InChI=1S/C7H11N5O3/c1-2-12-5(9-10-11-12)3-6(13)8-4-7(14)15/h2-4H2,1H3,(H,8,13)(H,14,15). The first kappa shape index (κ1) is 11.1. The number of carbonyl (C=O) groups is 2. The van der Waals surface area contributed by atoms with Gasteiger partial charge in [0.1, 0.15) is 6.54 Å². The Hall–Kier alpha value is -1.99. The quantitative estimate of drug-likeness (QED) is 0.611. The van der Waals surface area contributed by atoms with Gasteiger partial charge in [-0.1, -0.05) is 0 Å². The third-order valence-corrected chi connectivity index (χ3v) is 1.66. The summed E-state index contributed by atoms with van der Waals surface area (Å²) in [6.45, 7) is 2.01. The molecule has 8 heteroatoms. The van der Waals surface area contributed by atoms with E-state index in [1.807, 2.05) is 6.92 Å². The molecule has 1 rings (SSSR count). The highest BCUT2D eigenvalue weighted by Gasteiger charge is 2.10. The van der Waals surface area contributed by atoms with E-state index in [2.05, 4.69) is 20.8 Å². The van der Waals surface area contributed by atoms with E-state index in [0.29, 0.717) is 12.4 Å². The fourth-order valence-corrected chi connectivity index (χ4v) is 0.976. The maximum absolute atomic E-state index is 11.2. The number of carboxylic acid groups (broad SMARTS) is 1. The number of hydrogen-bond acceptors (Lipinski definition) is 5. The van der Waals surface area contributed by atoms with E-state index in [1.165, 1.54) is 4.68 Å². The second-order valence-corrected chi connectivity index (χ2v) is 2.76. The summed E-state index contributed by atoms with van der Waals surface area (Å²) in [6.07, 6.45) is -0.0197. The van der Waals surface area contributed by atoms with Crippen LogP contribution in [-0.2, 0) is 22.6 Å². The van der Waals surface area contributed by atoms with Crippen LogP contribution in [0.5, 0.6) is 0 Å². The van der Waals surface area contributed by atoms with E-state index < -0.39 is 18.4 Å². The molecule has 0 aromatic carbocycles. The van der Waals surface area contributed by atoms with Gasteiger partial charge in [-0.25, -0.2) is 4.68 Å². The van der Waals surface area contributed by atoms with E-state index in [0.717, 1.165) is 0 Å². The van der Waals surface area contributed by atoms with Crippen LogP contribution >= 0.6 is 0 Å². The van der Waals surface area contributed by atoms with Crippen molar-refractivity contribution in [1.82, 2.24) is 25.5 Å². The van der Waals surface area contributed by atoms with Gasteiger partial charge >= 0.3 is 5.97 Å². The molecule has 1 aromatic heterocycles. The van der Waals surface area contributed by atoms with Crippen molar-refractivity contribution in [3.8, 4) is 0 Å². The summed E-state index contributed by atoms with van der Waals surface area (Å²) >= 11 is 0. The number of aliphatic carboxylic acids is 1. The third-order valence-electron chi connectivity index (χ3n) is 1.66. The van der Waals surface area contributed by atoms with Gasteiger partial charge in [-0.2, -0.15) is 0 Å². The second-order valence-electron chi connectivity index (χ2n) is 2.76. The minimum Gasteiger partial charge on any atom is -0.480 e. The molecule has 0 fully saturated rings. The highest BCUT2D eigenvalue weighted by molar-refractivity contribution is 5.82. The lowest BCUT2D eigenvalue weighted by atomic mass is 10.3. The van der Waals surface area contributed by atoms with Gasteiger partial charge in [-0.3, -0.25) is 9.59 Å². The lowest BCUT2D eigenvalue weighted by molar-refractivity contribution is -0.137. The van der Waals surface area contributed by atoms with Crippen LogP contribution in [0.1, 0.15) is 12.7 Å². The molecule has 2 N–H and O–H groups in total. The molecule has 0 atom stereocenters. The molecule has 0 radical (unpaired) electrons. The van der Waals surface area contributed by atoms with Gasteiger partial charge in [0.05, 0.1) is 6.42 Å². The van der Waals surface area contributed by atoms with Gasteiger partial charge in [0.15, 0.2) is 5.82 Å². The monoisotopic (exact) mass is 213 g/mol. The molecule has 0 saturated heterocycles. The summed E-state index contributed by atoms with van der Waals surface area (Å²) in [6, 6.07) is 0. The number of amides is 1. The second kappa shape index (κ2) is 5.03. The van der Waals surface area contributed by atoms with Crippen LogP contribution in [0, 0.1) is 0 Å². The van der Waals surface area contributed by atoms with E-state index in [9.17, 15) is 9.59 Å². The van der Waals surface area contributed by atoms with E-state index in [1.54, 1.807) is 0 Å². The molecule has 0 saturated carbocycles. The smallest absolute Gasteiger partial charge is 0.322 e. The number of aryl methyl sites for hydroxylation is 1. The molecule has 0 aliphatic carbocycles. The maximum atomic E-state index is 11.2. The van der Waals surface area contributed by atoms with Crippen molar-refractivity contribution in [1.29, 1.82) is 0 Å². The molecule has 0 aliphatic rings. The topological polar surface area (TPSA) is 110 Å². The van der Waals surface area contributed by atoms with Crippen molar-refractivity contribution in [2.75, 3.05) is 6.54 Å². The average Bonchev–Trinajstić information content (AvgIpc) is 2.62. The fourth-order valence-electron chi connectivity index (χ4n) is 0.976. The first-order chi connectivity index (χ1) is 7.13. The van der Waals surface area contributed by atoms with Crippen LogP contribution in [0.25, 0.3) is 0 Å². The average molecular weight is 213 g/mol. The molecule has 1 heterocycles. The third kappa shape index (κ3) is 3.33. The highest BCUT2D eigenvalue weighted by Crippen LogP contribution is 1.92. The summed E-state index contributed by atoms with van der Waals surface area (Å²) < 4.78 is 1.47. The van der Waals surface area contributed by atoms with Crippen LogP contribution in [0.2, 0.25) is 0 Å². The molecule has 8 nitrogen and oxygen atoms in total. The Bertz CT molecular complexity index is 361. The zero-order valence-electron chi connectivity index (χ0n) is 8.17. The van der Waals surface area contributed by atoms with Gasteiger partial charge in [0, 0.05) is 6.54 Å². The van der Waals surface area contributed by atoms with Crippen LogP contribution in [0.4, 0.5) is 0 Å². The minimum absolute atomic E-state index is 0.0197. The predicted molar refractivity (Wildman–Crippen MR) is 47.8 cm³/mol. The van der Waals surface area contributed by atoms with Crippen LogP contribution in [0.15, 0.2) is 0 Å². The number of hydrogen-bond donors (Lipinski definition) is 2. The number of carboxylic acids is 1. The van der Waals surface area contributed by atoms with Gasteiger partial charge in [0.2, 0.25) is 5.91 Å². The summed E-state index contributed by atoms with van der Waals surface area (Å²) in [5, 5.41) is 21.3. The SMILES string of the molecule is CCn1nnnc1CC(=O)NCC(=O)O. The summed E-state index contributed by atoms with van der Waals surface area (Å²) in [4.78, 5) is 21.4. The van der Waals surface area contributed by atoms with Gasteiger partial charge in [-0.05, 0) is 17.4 Å². The molecule has 0 unspecified atom stereocenters. The number of nitrogens with zero attached hydrogens (tertiary/aromatic N) is 4. The van der Waals surface area contributed by atoms with Crippen molar-refractivity contribution in [3.63, 3.8) is 0 Å². The lowest BCUT2D eigenvalue weighted by Gasteiger charge is -2.01. The summed E-state index contributed by atoms with van der Waals surface area (Å²) in [7, 11) is 0. The largest absolute Gasteiger partial charge is 0.480 e. The Morgan fingerprint density at radius 1 is 1.53 bits per heavy atom. The van der Waals surface area contributed by atoms with Gasteiger partial charge in [-0.15, -0.1) is 5.10 Å². The molecule has 82 valence electrons. The van der Waals surface area contributed by atoms with Crippen LogP contribution in [0.3, 0.4) is 0 Å². The highest BCUT2D eigenvalue weighted by atomic mass is 16.4. The Morgan fingerprint density at radius 2 is 2.27 bits per heavy atom. The number of rotatable bonds is 5. The molecular weight excluding hydrogens is 202 g/mol. The number of carbonyl (C=O) groups excluding carboxylic acids is 1. The molecule has 0 bridgehead atoms.